The Balaban J connectivity index is 1.60. The molecule has 0 bridgehead atoms. The molecular weight excluding hydrogens is 396 g/mol. The third-order valence-electron chi connectivity index (χ3n) is 5.34. The topological polar surface area (TPSA) is 101 Å². The summed E-state index contributed by atoms with van der Waals surface area (Å²) in [6.07, 6.45) is 3.44. The number of nitrogens with zero attached hydrogens (tertiary/aromatic N) is 2. The summed E-state index contributed by atoms with van der Waals surface area (Å²) in [6, 6.07) is 10.1. The molecule has 0 unspecified atom stereocenters. The molecule has 1 saturated heterocycles. The number of ether oxygens (including phenoxy) is 1. The van der Waals surface area contributed by atoms with Crippen LogP contribution in [0, 0.1) is 11.8 Å². The highest BCUT2D eigenvalue weighted by Gasteiger charge is 2.37. The maximum atomic E-state index is 12.9. The van der Waals surface area contributed by atoms with Crippen LogP contribution in [-0.4, -0.2) is 42.4 Å². The van der Waals surface area contributed by atoms with Gasteiger partial charge in [-0.2, -0.15) is 0 Å². The highest BCUT2D eigenvalue weighted by Crippen LogP contribution is 2.27. The van der Waals surface area contributed by atoms with Gasteiger partial charge in [0.2, 0.25) is 17.7 Å². The van der Waals surface area contributed by atoms with Crippen LogP contribution in [0.25, 0.3) is 0 Å². The Morgan fingerprint density at radius 1 is 1.16 bits per heavy atom. The summed E-state index contributed by atoms with van der Waals surface area (Å²) in [7, 11) is 1.58. The van der Waals surface area contributed by atoms with E-state index in [1.54, 1.807) is 48.7 Å². The summed E-state index contributed by atoms with van der Waals surface area (Å²) >= 11 is 0. The van der Waals surface area contributed by atoms with E-state index in [2.05, 4.69) is 15.6 Å². The minimum Gasteiger partial charge on any atom is -0.497 e. The number of anilines is 1. The molecule has 1 aliphatic heterocycles. The van der Waals surface area contributed by atoms with Gasteiger partial charge in [0.05, 0.1) is 13.0 Å². The van der Waals surface area contributed by atoms with Crippen molar-refractivity contribution in [1.82, 2.24) is 15.6 Å². The zero-order valence-electron chi connectivity index (χ0n) is 18.0. The number of carbonyl (C=O) groups is 3. The summed E-state index contributed by atoms with van der Waals surface area (Å²) < 4.78 is 5.15. The van der Waals surface area contributed by atoms with Crippen LogP contribution in [0.5, 0.6) is 5.75 Å². The second-order valence-electron chi connectivity index (χ2n) is 7.91. The van der Waals surface area contributed by atoms with E-state index in [0.29, 0.717) is 12.3 Å². The Kier molecular flexibility index (Phi) is 7.23. The van der Waals surface area contributed by atoms with Crippen molar-refractivity contribution < 1.29 is 19.1 Å². The van der Waals surface area contributed by atoms with Gasteiger partial charge in [0, 0.05) is 37.6 Å². The average molecular weight is 425 g/mol. The van der Waals surface area contributed by atoms with Crippen LogP contribution in [0.4, 0.5) is 5.69 Å². The van der Waals surface area contributed by atoms with Gasteiger partial charge < -0.3 is 20.3 Å². The lowest BCUT2D eigenvalue weighted by Crippen LogP contribution is -2.51. The van der Waals surface area contributed by atoms with Crippen molar-refractivity contribution in [2.24, 2.45) is 11.8 Å². The fraction of sp³-hybridized carbons (Fsp3) is 0.391. The fourth-order valence-corrected chi connectivity index (χ4v) is 3.50. The lowest BCUT2D eigenvalue weighted by Gasteiger charge is -2.23. The summed E-state index contributed by atoms with van der Waals surface area (Å²) in [5.74, 6) is -0.575. The summed E-state index contributed by atoms with van der Waals surface area (Å²) in [5.41, 5.74) is 1.64. The van der Waals surface area contributed by atoms with E-state index in [4.69, 9.17) is 4.74 Å². The SMILES string of the molecule is COc1ccc(N2C[C@@H](C(=O)N[C@H](C(=O)NCc3ccncc3)C(C)C)CC2=O)cc1. The van der Waals surface area contributed by atoms with Gasteiger partial charge in [0.15, 0.2) is 0 Å². The number of amides is 3. The van der Waals surface area contributed by atoms with Gasteiger partial charge in [-0.25, -0.2) is 0 Å². The molecule has 3 rings (SSSR count). The predicted molar refractivity (Wildman–Crippen MR) is 116 cm³/mol. The van der Waals surface area contributed by atoms with E-state index in [-0.39, 0.29) is 36.6 Å². The Bertz CT molecular complexity index is 915. The van der Waals surface area contributed by atoms with Gasteiger partial charge in [-0.1, -0.05) is 13.8 Å². The molecule has 2 heterocycles. The van der Waals surface area contributed by atoms with E-state index in [1.165, 1.54) is 0 Å². The molecule has 2 aromatic rings. The van der Waals surface area contributed by atoms with E-state index in [0.717, 1.165) is 11.3 Å². The van der Waals surface area contributed by atoms with Crippen molar-refractivity contribution in [1.29, 1.82) is 0 Å². The van der Waals surface area contributed by atoms with Gasteiger partial charge >= 0.3 is 0 Å². The van der Waals surface area contributed by atoms with Crippen molar-refractivity contribution >= 4 is 23.4 Å². The number of rotatable bonds is 8. The Hall–Kier alpha value is -3.42. The van der Waals surface area contributed by atoms with Crippen LogP contribution in [0.2, 0.25) is 0 Å². The lowest BCUT2D eigenvalue weighted by molar-refractivity contribution is -0.132. The molecule has 2 atom stereocenters. The second kappa shape index (κ2) is 10.1. The molecule has 8 nitrogen and oxygen atoms in total. The predicted octanol–water partition coefficient (Wildman–Crippen LogP) is 1.90. The molecular formula is C23H28N4O4. The first kappa shape index (κ1) is 22.3. The number of carbonyl (C=O) groups excluding carboxylic acids is 3. The molecule has 3 amide bonds. The highest BCUT2D eigenvalue weighted by molar-refractivity contribution is 6.01. The summed E-state index contributed by atoms with van der Waals surface area (Å²) in [5, 5.41) is 5.70. The van der Waals surface area contributed by atoms with E-state index < -0.39 is 12.0 Å². The normalized spacial score (nSPS) is 16.8. The molecule has 0 spiro atoms. The minimum absolute atomic E-state index is 0.101. The monoisotopic (exact) mass is 424 g/mol. The summed E-state index contributed by atoms with van der Waals surface area (Å²) in [6.45, 7) is 4.38. The molecule has 0 aliphatic carbocycles. The van der Waals surface area contributed by atoms with E-state index in [1.807, 2.05) is 26.0 Å². The maximum Gasteiger partial charge on any atom is 0.243 e. The molecule has 2 N–H and O–H groups in total. The quantitative estimate of drug-likeness (QED) is 0.674. The van der Waals surface area contributed by atoms with Gasteiger partial charge in [-0.15, -0.1) is 0 Å². The van der Waals surface area contributed by atoms with E-state index in [9.17, 15) is 14.4 Å². The van der Waals surface area contributed by atoms with Gasteiger partial charge in [0.1, 0.15) is 11.8 Å². The van der Waals surface area contributed by atoms with Crippen LogP contribution in [0.15, 0.2) is 48.8 Å². The maximum absolute atomic E-state index is 12.9. The molecule has 8 heteroatoms. The number of aromatic nitrogens is 1. The molecule has 1 aliphatic rings. The molecule has 1 aromatic carbocycles. The number of hydrogen-bond acceptors (Lipinski definition) is 5. The number of hydrogen-bond donors (Lipinski definition) is 2. The molecule has 1 fully saturated rings. The number of nitrogens with one attached hydrogen (secondary N) is 2. The van der Waals surface area contributed by atoms with Crippen LogP contribution in [-0.2, 0) is 20.9 Å². The van der Waals surface area contributed by atoms with Crippen molar-refractivity contribution in [2.45, 2.75) is 32.9 Å². The van der Waals surface area contributed by atoms with Gasteiger partial charge in [-0.05, 0) is 47.9 Å². The standard InChI is InChI=1S/C23H28N4O4/c1-15(2)21(23(30)25-13-16-8-10-24-11-9-16)26-22(29)17-12-20(28)27(14-17)18-4-6-19(31-3)7-5-18/h4-11,15,17,21H,12-14H2,1-3H3,(H,25,30)(H,26,29)/t17-,21-/m0/s1. The number of pyridine rings is 1. The lowest BCUT2D eigenvalue weighted by atomic mass is 10.0. The van der Waals surface area contributed by atoms with Crippen LogP contribution in [0.3, 0.4) is 0 Å². The molecule has 31 heavy (non-hydrogen) atoms. The molecule has 0 radical (unpaired) electrons. The smallest absolute Gasteiger partial charge is 0.243 e. The fourth-order valence-electron chi connectivity index (χ4n) is 3.50. The number of methoxy groups -OCH3 is 1. The zero-order chi connectivity index (χ0) is 22.4. The average Bonchev–Trinajstić information content (AvgIpc) is 3.18. The van der Waals surface area contributed by atoms with Crippen LogP contribution < -0.4 is 20.3 Å². The van der Waals surface area contributed by atoms with Crippen LogP contribution >= 0.6 is 0 Å². The summed E-state index contributed by atoms with van der Waals surface area (Å²) in [4.78, 5) is 43.6. The second-order valence-corrected chi connectivity index (χ2v) is 7.91. The largest absolute Gasteiger partial charge is 0.497 e. The van der Waals surface area contributed by atoms with Crippen LogP contribution in [0.1, 0.15) is 25.8 Å². The van der Waals surface area contributed by atoms with Gasteiger partial charge in [-0.3, -0.25) is 19.4 Å². The van der Waals surface area contributed by atoms with Gasteiger partial charge in [0.25, 0.3) is 0 Å². The van der Waals surface area contributed by atoms with E-state index >= 15 is 0 Å². The molecule has 0 saturated carbocycles. The molecule has 1 aromatic heterocycles. The Morgan fingerprint density at radius 2 is 1.84 bits per heavy atom. The van der Waals surface area contributed by atoms with Crippen molar-refractivity contribution in [3.63, 3.8) is 0 Å². The first-order valence-corrected chi connectivity index (χ1v) is 10.3. The minimum atomic E-state index is -0.681. The third kappa shape index (κ3) is 5.59. The third-order valence-corrected chi connectivity index (χ3v) is 5.34. The molecule has 164 valence electrons. The first-order chi connectivity index (χ1) is 14.9. The first-order valence-electron chi connectivity index (χ1n) is 10.3. The van der Waals surface area contributed by atoms with Crippen molar-refractivity contribution in [2.75, 3.05) is 18.6 Å². The van der Waals surface area contributed by atoms with Crippen molar-refractivity contribution in [3.05, 3.63) is 54.4 Å². The Labute approximate surface area is 182 Å². The zero-order valence-corrected chi connectivity index (χ0v) is 18.0. The number of benzene rings is 1. The Morgan fingerprint density at radius 3 is 2.45 bits per heavy atom. The highest BCUT2D eigenvalue weighted by atomic mass is 16.5. The van der Waals surface area contributed by atoms with Crippen molar-refractivity contribution in [3.8, 4) is 5.75 Å².